The van der Waals surface area contributed by atoms with Gasteiger partial charge in [-0.2, -0.15) is 5.10 Å². The number of hydrogen-bond donors (Lipinski definition) is 1. The number of nitrogens with two attached hydrogens (primary N) is 1. The van der Waals surface area contributed by atoms with Crippen molar-refractivity contribution in [1.82, 2.24) is 9.78 Å². The van der Waals surface area contributed by atoms with E-state index in [2.05, 4.69) is 5.10 Å². The first-order valence-corrected chi connectivity index (χ1v) is 4.41. The van der Waals surface area contributed by atoms with Crippen molar-refractivity contribution in [2.45, 2.75) is 6.54 Å². The lowest BCUT2D eigenvalue weighted by molar-refractivity contribution is 0.780. The van der Waals surface area contributed by atoms with E-state index in [0.29, 0.717) is 11.7 Å². The number of fused-ring (bicyclic) bond motifs is 1. The lowest BCUT2D eigenvalue weighted by Crippen LogP contribution is -1.94. The number of aryl methyl sites for hydroxylation is 1. The van der Waals surface area contributed by atoms with Crippen molar-refractivity contribution in [2.24, 2.45) is 12.8 Å². The van der Waals surface area contributed by atoms with Crippen LogP contribution in [0.1, 0.15) is 5.56 Å². The highest BCUT2D eigenvalue weighted by atomic mass is 35.5. The maximum atomic E-state index is 6.03. The number of halogens is 1. The molecule has 0 spiro atoms. The van der Waals surface area contributed by atoms with Crippen LogP contribution in [-0.4, -0.2) is 9.78 Å². The molecule has 0 fully saturated rings. The van der Waals surface area contributed by atoms with Crippen molar-refractivity contribution in [3.63, 3.8) is 0 Å². The van der Waals surface area contributed by atoms with Crippen LogP contribution in [0.15, 0.2) is 18.2 Å². The molecule has 1 aromatic heterocycles. The summed E-state index contributed by atoms with van der Waals surface area (Å²) in [6.07, 6.45) is 0. The van der Waals surface area contributed by atoms with Crippen molar-refractivity contribution >= 4 is 22.5 Å². The quantitative estimate of drug-likeness (QED) is 0.753. The summed E-state index contributed by atoms with van der Waals surface area (Å²) in [7, 11) is 1.82. The van der Waals surface area contributed by atoms with Crippen LogP contribution in [0.4, 0.5) is 0 Å². The second-order valence-corrected chi connectivity index (χ2v) is 3.33. The van der Waals surface area contributed by atoms with Crippen LogP contribution in [0, 0.1) is 0 Å². The lowest BCUT2D eigenvalue weighted by atomic mass is 10.2. The van der Waals surface area contributed by atoms with Crippen LogP contribution < -0.4 is 5.73 Å². The van der Waals surface area contributed by atoms with Crippen LogP contribution in [0.2, 0.25) is 5.15 Å². The summed E-state index contributed by atoms with van der Waals surface area (Å²) in [4.78, 5) is 0. The monoisotopic (exact) mass is 195 g/mol. The molecule has 13 heavy (non-hydrogen) atoms. The van der Waals surface area contributed by atoms with Gasteiger partial charge in [0.25, 0.3) is 0 Å². The van der Waals surface area contributed by atoms with Gasteiger partial charge in [-0.15, -0.1) is 0 Å². The Bertz CT molecular complexity index is 447. The molecule has 0 saturated carbocycles. The number of rotatable bonds is 1. The molecule has 68 valence electrons. The summed E-state index contributed by atoms with van der Waals surface area (Å²) >= 11 is 6.03. The van der Waals surface area contributed by atoms with E-state index in [1.54, 1.807) is 4.68 Å². The molecule has 2 N–H and O–H groups in total. The van der Waals surface area contributed by atoms with Gasteiger partial charge in [-0.1, -0.05) is 17.7 Å². The lowest BCUT2D eigenvalue weighted by Gasteiger charge is -1.95. The van der Waals surface area contributed by atoms with E-state index in [-0.39, 0.29) is 0 Å². The van der Waals surface area contributed by atoms with Gasteiger partial charge in [0.15, 0.2) is 0 Å². The topological polar surface area (TPSA) is 43.8 Å². The summed E-state index contributed by atoms with van der Waals surface area (Å²) in [5, 5.41) is 5.85. The van der Waals surface area contributed by atoms with Crippen LogP contribution in [-0.2, 0) is 13.6 Å². The van der Waals surface area contributed by atoms with E-state index in [1.807, 2.05) is 25.2 Å². The molecule has 0 atom stereocenters. The maximum Gasteiger partial charge on any atom is 0.134 e. The van der Waals surface area contributed by atoms with Gasteiger partial charge in [0.1, 0.15) is 5.15 Å². The third kappa shape index (κ3) is 1.30. The summed E-state index contributed by atoms with van der Waals surface area (Å²) < 4.78 is 1.66. The Morgan fingerprint density at radius 3 is 3.00 bits per heavy atom. The summed E-state index contributed by atoms with van der Waals surface area (Å²) in [5.41, 5.74) is 7.51. The molecule has 1 heterocycles. The Kier molecular flexibility index (Phi) is 1.98. The van der Waals surface area contributed by atoms with Crippen LogP contribution in [0.25, 0.3) is 10.9 Å². The predicted octanol–water partition coefficient (Wildman–Crippen LogP) is 1.69. The highest BCUT2D eigenvalue weighted by Crippen LogP contribution is 2.23. The molecule has 2 aromatic rings. The van der Waals surface area contributed by atoms with Crippen molar-refractivity contribution in [1.29, 1.82) is 0 Å². The van der Waals surface area contributed by atoms with Gasteiger partial charge in [-0.25, -0.2) is 0 Å². The minimum absolute atomic E-state index is 0.529. The second-order valence-electron chi connectivity index (χ2n) is 2.97. The van der Waals surface area contributed by atoms with Crippen molar-refractivity contribution in [3.05, 3.63) is 28.9 Å². The second kappa shape index (κ2) is 3.01. The first-order chi connectivity index (χ1) is 6.22. The number of nitrogens with zero attached hydrogens (tertiary/aromatic N) is 2. The van der Waals surface area contributed by atoms with Crippen LogP contribution >= 0.6 is 11.6 Å². The van der Waals surface area contributed by atoms with Crippen LogP contribution in [0.5, 0.6) is 0 Å². The van der Waals surface area contributed by atoms with E-state index >= 15 is 0 Å². The standard InChI is InChI=1S/C9H10ClN3/c1-13-9(10)7-4-6(5-11)2-3-8(7)12-13/h2-4H,5,11H2,1H3. The molecule has 0 aliphatic rings. The molecule has 0 radical (unpaired) electrons. The van der Waals surface area contributed by atoms with E-state index in [1.165, 1.54) is 0 Å². The van der Waals surface area contributed by atoms with Crippen molar-refractivity contribution in [3.8, 4) is 0 Å². The fourth-order valence-electron chi connectivity index (χ4n) is 1.34. The van der Waals surface area contributed by atoms with Crippen LogP contribution in [0.3, 0.4) is 0 Å². The number of aromatic nitrogens is 2. The molecule has 4 heteroatoms. The zero-order valence-electron chi connectivity index (χ0n) is 7.29. The minimum atomic E-state index is 0.529. The largest absolute Gasteiger partial charge is 0.326 e. The third-order valence-electron chi connectivity index (χ3n) is 2.06. The normalized spacial score (nSPS) is 11.0. The SMILES string of the molecule is Cn1nc2ccc(CN)cc2c1Cl. The number of benzene rings is 1. The fraction of sp³-hybridized carbons (Fsp3) is 0.222. The third-order valence-corrected chi connectivity index (χ3v) is 2.51. The molecule has 0 aliphatic heterocycles. The molecule has 1 aromatic carbocycles. The molecular weight excluding hydrogens is 186 g/mol. The molecule has 0 aliphatic carbocycles. The zero-order valence-corrected chi connectivity index (χ0v) is 8.04. The Hall–Kier alpha value is -1.06. The number of hydrogen-bond acceptors (Lipinski definition) is 2. The van der Waals surface area contributed by atoms with Crippen molar-refractivity contribution in [2.75, 3.05) is 0 Å². The summed E-state index contributed by atoms with van der Waals surface area (Å²) in [5.74, 6) is 0. The summed E-state index contributed by atoms with van der Waals surface area (Å²) in [6.45, 7) is 0.529. The van der Waals surface area contributed by atoms with Gasteiger partial charge in [-0.05, 0) is 17.7 Å². The highest BCUT2D eigenvalue weighted by molar-refractivity contribution is 6.34. The maximum absolute atomic E-state index is 6.03. The van der Waals surface area contributed by atoms with Gasteiger partial charge in [0.05, 0.1) is 5.52 Å². The zero-order chi connectivity index (χ0) is 9.42. The minimum Gasteiger partial charge on any atom is -0.326 e. The molecule has 3 nitrogen and oxygen atoms in total. The Balaban J connectivity index is 2.75. The summed E-state index contributed by atoms with van der Waals surface area (Å²) in [6, 6.07) is 5.87. The Morgan fingerprint density at radius 1 is 1.54 bits per heavy atom. The van der Waals surface area contributed by atoms with Crippen molar-refractivity contribution < 1.29 is 0 Å². The van der Waals surface area contributed by atoms with Gasteiger partial charge >= 0.3 is 0 Å². The van der Waals surface area contributed by atoms with Gasteiger partial charge < -0.3 is 5.73 Å². The Morgan fingerprint density at radius 2 is 2.31 bits per heavy atom. The fourth-order valence-corrected chi connectivity index (χ4v) is 1.53. The molecule has 0 bridgehead atoms. The molecular formula is C9H10ClN3. The first-order valence-electron chi connectivity index (χ1n) is 4.03. The van der Waals surface area contributed by atoms with E-state index in [4.69, 9.17) is 17.3 Å². The average Bonchev–Trinajstić information content (AvgIpc) is 2.43. The molecule has 0 unspecified atom stereocenters. The van der Waals surface area contributed by atoms with Gasteiger partial charge in [-0.3, -0.25) is 4.68 Å². The van der Waals surface area contributed by atoms with Gasteiger partial charge in [0.2, 0.25) is 0 Å². The average molecular weight is 196 g/mol. The molecule has 2 rings (SSSR count). The van der Waals surface area contributed by atoms with E-state index in [9.17, 15) is 0 Å². The predicted molar refractivity (Wildman–Crippen MR) is 53.6 cm³/mol. The smallest absolute Gasteiger partial charge is 0.134 e. The molecule has 0 amide bonds. The molecule has 0 saturated heterocycles. The first kappa shape index (κ1) is 8.53. The highest BCUT2D eigenvalue weighted by Gasteiger charge is 2.05. The Labute approximate surface area is 81.1 Å². The van der Waals surface area contributed by atoms with E-state index < -0.39 is 0 Å². The van der Waals surface area contributed by atoms with Gasteiger partial charge in [0, 0.05) is 19.0 Å². The van der Waals surface area contributed by atoms with E-state index in [0.717, 1.165) is 16.5 Å².